The molecule has 7 N–H and O–H groups in total. The van der Waals surface area contributed by atoms with Crippen LogP contribution in [0.25, 0.3) is 0 Å². The largest absolute Gasteiger partial charge is 0.371 e. The molecular weight excluding hydrogens is 1130 g/mol. The molecule has 5 aliphatic heterocycles. The Kier molecular flexibility index (Phi) is 35.0. The number of imide groups is 1. The van der Waals surface area contributed by atoms with Gasteiger partial charge in [0.05, 0.1) is 17.5 Å². The van der Waals surface area contributed by atoms with Crippen molar-refractivity contribution in [3.8, 4) is 0 Å². The van der Waals surface area contributed by atoms with E-state index in [0.29, 0.717) is 24.2 Å². The van der Waals surface area contributed by atoms with Crippen LogP contribution in [0.15, 0.2) is 194 Å². The van der Waals surface area contributed by atoms with E-state index in [1.165, 1.54) is 22.1 Å². The summed E-state index contributed by atoms with van der Waals surface area (Å²) in [5.74, 6) is -0.499. The van der Waals surface area contributed by atoms with Gasteiger partial charge in [0, 0.05) is 86.2 Å². The summed E-state index contributed by atoms with van der Waals surface area (Å²) in [6.07, 6.45) is 7.07. The van der Waals surface area contributed by atoms with Crippen LogP contribution >= 0.6 is 0 Å². The second kappa shape index (κ2) is 41.9. The number of amides is 9. The molecule has 0 aromatic heterocycles. The van der Waals surface area contributed by atoms with E-state index in [4.69, 9.17) is 0 Å². The van der Waals surface area contributed by atoms with Gasteiger partial charge >= 0.3 is 18.1 Å². The van der Waals surface area contributed by atoms with Crippen molar-refractivity contribution in [2.75, 3.05) is 69.9 Å². The highest BCUT2D eigenvalue weighted by atomic mass is 16.2. The van der Waals surface area contributed by atoms with Gasteiger partial charge in [-0.3, -0.25) is 25.2 Å². The van der Waals surface area contributed by atoms with Crippen molar-refractivity contribution >= 4 is 69.9 Å². The van der Waals surface area contributed by atoms with Crippen molar-refractivity contribution in [2.45, 2.75) is 146 Å². The average molecular weight is 1230 g/mol. The van der Waals surface area contributed by atoms with Crippen molar-refractivity contribution in [2.24, 2.45) is 0 Å². The number of rotatable bonds is 8. The second-order valence-corrected chi connectivity index (χ2v) is 19.9. The van der Waals surface area contributed by atoms with E-state index in [0.717, 1.165) is 87.6 Å². The molecule has 6 aromatic carbocycles. The maximum absolute atomic E-state index is 12.8. The van der Waals surface area contributed by atoms with Gasteiger partial charge in [-0.2, -0.15) is 5.01 Å². The fourth-order valence-corrected chi connectivity index (χ4v) is 10.3. The summed E-state index contributed by atoms with van der Waals surface area (Å²) < 4.78 is 0. The molecule has 90 heavy (non-hydrogen) atoms. The van der Waals surface area contributed by atoms with Gasteiger partial charge < -0.3 is 30.7 Å². The van der Waals surface area contributed by atoms with E-state index in [1.54, 1.807) is 24.3 Å². The zero-order valence-electron chi connectivity index (χ0n) is 55.5. The Labute approximate surface area is 537 Å². The monoisotopic (exact) mass is 1230 g/mol. The summed E-state index contributed by atoms with van der Waals surface area (Å²) in [6, 6.07) is 57.1. The van der Waals surface area contributed by atoms with Gasteiger partial charge in [-0.25, -0.2) is 30.2 Å². The van der Waals surface area contributed by atoms with Gasteiger partial charge in [0.15, 0.2) is 0 Å². The summed E-state index contributed by atoms with van der Waals surface area (Å²) in [5.41, 5.74) is 16.7. The first-order chi connectivity index (χ1) is 44.0. The highest BCUT2D eigenvalue weighted by molar-refractivity contribution is 6.02. The van der Waals surface area contributed by atoms with E-state index < -0.39 is 17.6 Å². The van der Waals surface area contributed by atoms with Crippen LogP contribution < -0.4 is 52.4 Å². The van der Waals surface area contributed by atoms with Gasteiger partial charge in [-0.15, -0.1) is 0 Å². The molecule has 0 aliphatic carbocycles. The molecule has 0 atom stereocenters. The second-order valence-electron chi connectivity index (χ2n) is 19.9. The van der Waals surface area contributed by atoms with Crippen LogP contribution in [0, 0.1) is 0 Å². The van der Waals surface area contributed by atoms with Crippen LogP contribution in [0.3, 0.4) is 0 Å². The third-order valence-corrected chi connectivity index (χ3v) is 14.6. The van der Waals surface area contributed by atoms with Crippen LogP contribution in [-0.4, -0.2) is 96.2 Å². The number of nitrogens with one attached hydrogen (secondary N) is 7. The standard InChI is InChI=1S/3C20H22N4O2.6C2H6/c25-18-15-20(11-13-23(14-12-20)17-9-5-2-6-10-17)22-24(18)19(26)21-16-7-3-1-4-8-16;25-18-15-20(11-13-23(14-12-20)17-9-5-2-6-10-17)24(22-18)19(26)21-16-7-3-1-4-8-16;25-19(22-23-20(26)21-17-7-3-1-4-8-17)15-16-11-13-24(14-12-16)18-9-5-2-6-10-18;6*1-2/h1-10,22H,11-15H2,(H,21,26);1-10H,11-15H2,(H,21,26)(H,22,25);1-11H,12-15H2,(H,22,25)(H2,21,23,26);6*1-2H3. The smallest absolute Gasteiger partial charge is 0.343 e. The quantitative estimate of drug-likeness (QED) is 0.0568. The molecule has 486 valence electrons. The maximum atomic E-state index is 12.8. The summed E-state index contributed by atoms with van der Waals surface area (Å²) >= 11 is 0. The predicted octanol–water partition coefficient (Wildman–Crippen LogP) is 15.2. The van der Waals surface area contributed by atoms with Crippen molar-refractivity contribution < 1.29 is 28.8 Å². The minimum atomic E-state index is -0.475. The van der Waals surface area contributed by atoms with Crippen LogP contribution in [0.5, 0.6) is 0 Å². The molecule has 6 aromatic rings. The Balaban J connectivity index is 0.000000325. The number of hydrogen-bond donors (Lipinski definition) is 7. The highest BCUT2D eigenvalue weighted by Crippen LogP contribution is 2.37. The van der Waals surface area contributed by atoms with Crippen LogP contribution in [-0.2, 0) is 14.4 Å². The number of nitrogens with zero attached hydrogens (tertiary/aromatic N) is 5. The predicted molar refractivity (Wildman–Crippen MR) is 372 cm³/mol. The molecule has 11 rings (SSSR count). The van der Waals surface area contributed by atoms with E-state index in [9.17, 15) is 28.8 Å². The lowest BCUT2D eigenvalue weighted by atomic mass is 9.84. The third-order valence-electron chi connectivity index (χ3n) is 14.6. The number of piperidine rings is 2. The van der Waals surface area contributed by atoms with Gasteiger partial charge in [-0.1, -0.05) is 204 Å². The Morgan fingerprint density at radius 3 is 1.26 bits per heavy atom. The number of carbonyl (C=O) groups excluding carboxylic acids is 6. The number of hydrazine groups is 3. The van der Waals surface area contributed by atoms with E-state index in [2.05, 4.69) is 94.8 Å². The van der Waals surface area contributed by atoms with E-state index in [-0.39, 0.29) is 35.7 Å². The van der Waals surface area contributed by atoms with Crippen molar-refractivity contribution in [1.82, 2.24) is 31.7 Å². The van der Waals surface area contributed by atoms with Crippen LogP contribution in [0.4, 0.5) is 48.5 Å². The molecule has 0 radical (unpaired) electrons. The highest BCUT2D eigenvalue weighted by Gasteiger charge is 2.50. The minimum Gasteiger partial charge on any atom is -0.371 e. The number of benzene rings is 6. The molecule has 18 nitrogen and oxygen atoms in total. The number of carbonyl (C=O) groups is 6. The summed E-state index contributed by atoms with van der Waals surface area (Å²) in [4.78, 5) is 80.4. The fraction of sp³-hybridized carbons (Fsp3) is 0.389. The molecule has 0 saturated carbocycles. The van der Waals surface area contributed by atoms with Crippen LogP contribution in [0.2, 0.25) is 0 Å². The summed E-state index contributed by atoms with van der Waals surface area (Å²) in [7, 11) is 0. The van der Waals surface area contributed by atoms with Gasteiger partial charge in [0.25, 0.3) is 0 Å². The minimum absolute atomic E-state index is 0.0960. The summed E-state index contributed by atoms with van der Waals surface area (Å²) in [5, 5.41) is 10.9. The Morgan fingerprint density at radius 2 is 0.833 bits per heavy atom. The van der Waals surface area contributed by atoms with Crippen molar-refractivity contribution in [3.05, 3.63) is 194 Å². The third kappa shape index (κ3) is 23.4. The molecule has 4 fully saturated rings. The lowest BCUT2D eigenvalue weighted by molar-refractivity contribution is -0.126. The Hall–Kier alpha value is -9.16. The molecule has 0 unspecified atom stereocenters. The Morgan fingerprint density at radius 1 is 0.444 bits per heavy atom. The summed E-state index contributed by atoms with van der Waals surface area (Å²) in [6.45, 7) is 29.0. The van der Waals surface area contributed by atoms with E-state index >= 15 is 0 Å². The lowest BCUT2D eigenvalue weighted by Crippen LogP contribution is -2.58. The molecular formula is C72H102N12O6. The number of hydrogen-bond acceptors (Lipinski definition) is 10. The average Bonchev–Trinajstić information content (AvgIpc) is 1.65. The maximum Gasteiger partial charge on any atom is 0.343 e. The normalized spacial score (nSPS) is 15.2. The molecule has 18 heteroatoms. The number of anilines is 6. The molecule has 2 spiro atoms. The number of urea groups is 3. The van der Waals surface area contributed by atoms with E-state index in [1.807, 2.05) is 204 Å². The topological polar surface area (TPSA) is 203 Å². The van der Waals surface area contributed by atoms with Gasteiger partial charge in [0.1, 0.15) is 0 Å². The molecule has 5 heterocycles. The molecule has 5 aliphatic rings. The molecule has 0 bridgehead atoms. The van der Waals surface area contributed by atoms with Gasteiger partial charge in [-0.05, 0) is 105 Å². The zero-order chi connectivity index (χ0) is 66.2. The first kappa shape index (κ1) is 75.1. The van der Waals surface area contributed by atoms with Gasteiger partial charge in [0.2, 0.25) is 17.7 Å². The SMILES string of the molecule is CC.CC.CC.CC.CC.CC.O=C(CC1=CCN(c2ccccc2)CC1)NNC(=O)Nc1ccccc1.O=C1CC2(CCN(c3ccccc3)CC2)N(C(=O)Nc2ccccc2)N1.O=C1CC2(CCN(c3ccccc3)CC2)NN1C(=O)Nc1ccccc1. The van der Waals surface area contributed by atoms with Crippen LogP contribution in [0.1, 0.15) is 134 Å². The first-order valence-electron chi connectivity index (χ1n) is 32.4. The number of para-hydroxylation sites is 6. The van der Waals surface area contributed by atoms with Crippen molar-refractivity contribution in [1.29, 1.82) is 0 Å². The first-order valence-corrected chi connectivity index (χ1v) is 32.4. The molecule has 9 amide bonds. The molecule has 4 saturated heterocycles. The van der Waals surface area contributed by atoms with Crippen molar-refractivity contribution in [3.63, 3.8) is 0 Å². The fourth-order valence-electron chi connectivity index (χ4n) is 10.3. The lowest BCUT2D eigenvalue weighted by Gasteiger charge is -2.43. The Bertz CT molecular complexity index is 3000. The zero-order valence-corrected chi connectivity index (χ0v) is 55.5.